The number of aliphatic hydroxyl groups is 1. The number of esters is 2. The maximum absolute atomic E-state index is 12.3. The highest BCUT2D eigenvalue weighted by molar-refractivity contribution is 5.80. The fourth-order valence-corrected chi connectivity index (χ4v) is 4.21. The summed E-state index contributed by atoms with van der Waals surface area (Å²) in [7, 11) is 0. The number of hydrogen-bond acceptors (Lipinski definition) is 6. The highest BCUT2D eigenvalue weighted by Gasteiger charge is 2.44. The Bertz CT molecular complexity index is 875. The van der Waals surface area contributed by atoms with Crippen molar-refractivity contribution in [2.75, 3.05) is 26.2 Å². The van der Waals surface area contributed by atoms with E-state index in [1.54, 1.807) is 31.2 Å². The van der Waals surface area contributed by atoms with Crippen molar-refractivity contribution in [1.29, 1.82) is 0 Å². The van der Waals surface area contributed by atoms with E-state index in [-0.39, 0.29) is 12.5 Å². The second-order valence-corrected chi connectivity index (χ2v) is 7.88. The molecule has 0 saturated carbocycles. The lowest BCUT2D eigenvalue weighted by Crippen LogP contribution is -2.58. The van der Waals surface area contributed by atoms with E-state index in [0.29, 0.717) is 18.5 Å². The quantitative estimate of drug-likeness (QED) is 0.440. The van der Waals surface area contributed by atoms with Crippen LogP contribution in [0.2, 0.25) is 0 Å². The number of allylic oxidation sites excluding steroid dienone is 1. The average Bonchev–Trinajstić information content (AvgIpc) is 2.72. The molecule has 6 heteroatoms. The van der Waals surface area contributed by atoms with Crippen molar-refractivity contribution in [1.82, 2.24) is 4.90 Å². The van der Waals surface area contributed by atoms with Crippen LogP contribution in [-0.4, -0.2) is 53.8 Å². The van der Waals surface area contributed by atoms with Crippen LogP contribution in [0.3, 0.4) is 0 Å². The van der Waals surface area contributed by atoms with Crippen LogP contribution < -0.4 is 0 Å². The molecule has 2 atom stereocenters. The number of benzene rings is 1. The molecule has 0 amide bonds. The minimum atomic E-state index is -1.13. The summed E-state index contributed by atoms with van der Waals surface area (Å²) in [5.74, 6) is 5.30. The third kappa shape index (κ3) is 4.92. The molecule has 3 aliphatic rings. The molecule has 3 heterocycles. The van der Waals surface area contributed by atoms with Gasteiger partial charge in [-0.05, 0) is 57.0 Å². The summed E-state index contributed by atoms with van der Waals surface area (Å²) in [6.45, 7) is 9.57. The molecule has 4 rings (SSSR count). The first-order chi connectivity index (χ1) is 14.4. The van der Waals surface area contributed by atoms with Crippen molar-refractivity contribution in [2.24, 2.45) is 5.92 Å². The zero-order chi connectivity index (χ0) is 21.7. The number of hydrogen-bond donors (Lipinski definition) is 1. The fraction of sp³-hybridized carbons (Fsp3) is 0.500. The smallest absolute Gasteiger partial charge is 0.352 e. The molecule has 30 heavy (non-hydrogen) atoms. The van der Waals surface area contributed by atoms with Crippen LogP contribution >= 0.6 is 0 Å². The predicted molar refractivity (Wildman–Crippen MR) is 112 cm³/mol. The van der Waals surface area contributed by atoms with Gasteiger partial charge < -0.3 is 14.6 Å². The molecule has 3 fully saturated rings. The molecule has 1 N–H and O–H groups in total. The summed E-state index contributed by atoms with van der Waals surface area (Å²) in [4.78, 5) is 26.0. The fourth-order valence-electron chi connectivity index (χ4n) is 4.21. The van der Waals surface area contributed by atoms with Crippen molar-refractivity contribution >= 4 is 11.9 Å². The molecule has 3 saturated heterocycles. The normalized spacial score (nSPS) is 25.6. The van der Waals surface area contributed by atoms with Crippen molar-refractivity contribution < 1.29 is 24.2 Å². The molecule has 160 valence electrons. The van der Waals surface area contributed by atoms with E-state index >= 15 is 0 Å². The van der Waals surface area contributed by atoms with Crippen molar-refractivity contribution in [3.8, 4) is 11.8 Å². The molecule has 2 bridgehead atoms. The van der Waals surface area contributed by atoms with Gasteiger partial charge in [0.2, 0.25) is 6.10 Å². The monoisotopic (exact) mass is 411 g/mol. The largest absolute Gasteiger partial charge is 0.463 e. The number of ether oxygens (including phenoxy) is 2. The average molecular weight is 411 g/mol. The minimum Gasteiger partial charge on any atom is -0.463 e. The van der Waals surface area contributed by atoms with Crippen LogP contribution in [0, 0.1) is 17.8 Å². The molecule has 0 spiro atoms. The van der Waals surface area contributed by atoms with Gasteiger partial charge in [-0.2, -0.15) is 0 Å². The Labute approximate surface area is 177 Å². The Morgan fingerprint density at radius 1 is 1.40 bits per heavy atom. The lowest BCUT2D eigenvalue weighted by molar-refractivity contribution is -0.167. The van der Waals surface area contributed by atoms with E-state index in [4.69, 9.17) is 9.47 Å². The molecule has 0 aliphatic carbocycles. The summed E-state index contributed by atoms with van der Waals surface area (Å²) in [6, 6.07) is 5.29. The summed E-state index contributed by atoms with van der Waals surface area (Å²) in [6.07, 6.45) is 3.08. The molecule has 0 radical (unpaired) electrons. The van der Waals surface area contributed by atoms with Gasteiger partial charge in [0.05, 0.1) is 6.61 Å². The Balaban J connectivity index is 1.91. The van der Waals surface area contributed by atoms with Gasteiger partial charge in [0.15, 0.2) is 0 Å². The van der Waals surface area contributed by atoms with E-state index in [1.165, 1.54) is 6.92 Å². The van der Waals surface area contributed by atoms with Crippen LogP contribution in [0.1, 0.15) is 49.5 Å². The van der Waals surface area contributed by atoms with Crippen LogP contribution in [0.5, 0.6) is 0 Å². The van der Waals surface area contributed by atoms with Crippen molar-refractivity contribution in [2.45, 2.75) is 44.8 Å². The number of piperidine rings is 3. The summed E-state index contributed by atoms with van der Waals surface area (Å²) < 4.78 is 10.3. The van der Waals surface area contributed by atoms with E-state index in [0.717, 1.165) is 37.1 Å². The van der Waals surface area contributed by atoms with Gasteiger partial charge in [-0.3, -0.25) is 9.69 Å². The highest BCUT2D eigenvalue weighted by Crippen LogP contribution is 2.35. The van der Waals surface area contributed by atoms with E-state index in [9.17, 15) is 14.7 Å². The van der Waals surface area contributed by atoms with Gasteiger partial charge in [0, 0.05) is 30.5 Å². The zero-order valence-corrected chi connectivity index (χ0v) is 17.6. The second kappa shape index (κ2) is 9.46. The van der Waals surface area contributed by atoms with Gasteiger partial charge in [-0.25, -0.2) is 4.79 Å². The first kappa shape index (κ1) is 22.1. The first-order valence-corrected chi connectivity index (χ1v) is 10.4. The number of carbonyl (C=O) groups excluding carboxylic acids is 2. The summed E-state index contributed by atoms with van der Waals surface area (Å²) in [5, 5.41) is 11.1. The number of carbonyl (C=O) groups is 2. The lowest BCUT2D eigenvalue weighted by Gasteiger charge is -2.47. The van der Waals surface area contributed by atoms with Crippen LogP contribution in [-0.2, 0) is 25.5 Å². The zero-order valence-electron chi connectivity index (χ0n) is 17.6. The SMILES string of the molecule is C=CCc1cc(C(OC(C)=O)C(=O)OCC)ccc1C#CC1(O)CN2CCC1CC2. The Morgan fingerprint density at radius 3 is 2.70 bits per heavy atom. The number of nitrogens with zero attached hydrogens (tertiary/aromatic N) is 1. The van der Waals surface area contributed by atoms with Gasteiger partial charge in [0.1, 0.15) is 5.60 Å². The van der Waals surface area contributed by atoms with E-state index < -0.39 is 23.6 Å². The molecule has 1 aromatic carbocycles. The standard InChI is InChI=1S/C24H29NO5/c1-4-6-19-15-20(22(30-17(3)26)23(27)29-5-2)8-7-18(19)9-12-24(28)16-25-13-10-21(24)11-14-25/h4,7-8,15,21-22,28H,1,5-6,10-11,13-14,16H2,2-3H3. The lowest BCUT2D eigenvalue weighted by atomic mass is 9.75. The van der Waals surface area contributed by atoms with E-state index in [1.807, 2.05) is 0 Å². The third-order valence-electron chi connectivity index (χ3n) is 5.72. The molecule has 1 aromatic rings. The van der Waals surface area contributed by atoms with Crippen molar-refractivity contribution in [3.63, 3.8) is 0 Å². The first-order valence-electron chi connectivity index (χ1n) is 10.4. The molecule has 0 aromatic heterocycles. The molecular weight excluding hydrogens is 382 g/mol. The topological polar surface area (TPSA) is 76.1 Å². The summed E-state index contributed by atoms with van der Waals surface area (Å²) in [5.41, 5.74) is 1.13. The van der Waals surface area contributed by atoms with Gasteiger partial charge in [-0.15, -0.1) is 6.58 Å². The Hall–Kier alpha value is -2.62. The van der Waals surface area contributed by atoms with Gasteiger partial charge in [-0.1, -0.05) is 24.0 Å². The third-order valence-corrected chi connectivity index (χ3v) is 5.72. The Morgan fingerprint density at radius 2 is 2.13 bits per heavy atom. The van der Waals surface area contributed by atoms with Crippen molar-refractivity contribution in [3.05, 3.63) is 47.5 Å². The highest BCUT2D eigenvalue weighted by atomic mass is 16.6. The maximum atomic E-state index is 12.3. The molecular formula is C24H29NO5. The molecule has 3 aliphatic heterocycles. The predicted octanol–water partition coefficient (Wildman–Crippen LogP) is 2.39. The summed E-state index contributed by atoms with van der Waals surface area (Å²) >= 11 is 0. The minimum absolute atomic E-state index is 0.191. The van der Waals surface area contributed by atoms with E-state index in [2.05, 4.69) is 23.3 Å². The molecule has 6 nitrogen and oxygen atoms in total. The second-order valence-electron chi connectivity index (χ2n) is 7.88. The molecule has 2 unspecified atom stereocenters. The van der Waals surface area contributed by atoms with Gasteiger partial charge >= 0.3 is 11.9 Å². The Kier molecular flexibility index (Phi) is 6.96. The van der Waals surface area contributed by atoms with Gasteiger partial charge in [0.25, 0.3) is 0 Å². The van der Waals surface area contributed by atoms with Crippen LogP contribution in [0.4, 0.5) is 0 Å². The number of fused-ring (bicyclic) bond motifs is 3. The number of rotatable bonds is 6. The van der Waals surface area contributed by atoms with Crippen LogP contribution in [0.25, 0.3) is 0 Å². The maximum Gasteiger partial charge on any atom is 0.352 e. The van der Waals surface area contributed by atoms with Crippen LogP contribution in [0.15, 0.2) is 30.9 Å².